The maximum Gasteiger partial charge on any atom is 0.272 e. The first-order chi connectivity index (χ1) is 13.2. The Morgan fingerprint density at radius 2 is 1.96 bits per heavy atom. The highest BCUT2D eigenvalue weighted by Crippen LogP contribution is 2.32. The van der Waals surface area contributed by atoms with Crippen LogP contribution in [-0.4, -0.2) is 22.1 Å². The molecule has 0 saturated carbocycles. The second-order valence-electron chi connectivity index (χ2n) is 6.32. The Kier molecular flexibility index (Phi) is 3.39. The van der Waals surface area contributed by atoms with E-state index < -0.39 is 0 Å². The van der Waals surface area contributed by atoms with E-state index in [1.54, 1.807) is 18.2 Å². The van der Waals surface area contributed by atoms with Gasteiger partial charge in [0.25, 0.3) is 11.5 Å². The fraction of sp³-hybridized carbons (Fsp3) is 0.100. The van der Waals surface area contributed by atoms with Gasteiger partial charge in [-0.25, -0.2) is 0 Å². The maximum atomic E-state index is 12.5. The quantitative estimate of drug-likeness (QED) is 0.587. The number of rotatable bonds is 3. The van der Waals surface area contributed by atoms with E-state index in [0.29, 0.717) is 34.6 Å². The zero-order valence-electron chi connectivity index (χ0n) is 14.2. The molecule has 1 aliphatic heterocycles. The minimum Gasteiger partial charge on any atom is -0.454 e. The van der Waals surface area contributed by atoms with E-state index >= 15 is 0 Å². The van der Waals surface area contributed by atoms with Crippen molar-refractivity contribution in [1.82, 2.24) is 14.7 Å². The molecule has 0 fully saturated rings. The van der Waals surface area contributed by atoms with E-state index in [-0.39, 0.29) is 18.3 Å². The number of amides is 1. The predicted molar refractivity (Wildman–Crippen MR) is 99.3 cm³/mol. The van der Waals surface area contributed by atoms with Crippen LogP contribution in [0.4, 0.5) is 0 Å². The van der Waals surface area contributed by atoms with Gasteiger partial charge < -0.3 is 24.2 Å². The first-order valence-corrected chi connectivity index (χ1v) is 8.49. The van der Waals surface area contributed by atoms with Gasteiger partial charge in [-0.2, -0.15) is 0 Å². The molecule has 0 saturated heterocycles. The molecule has 0 atom stereocenters. The van der Waals surface area contributed by atoms with Crippen LogP contribution in [0.5, 0.6) is 11.5 Å². The van der Waals surface area contributed by atoms with E-state index in [0.717, 1.165) is 11.1 Å². The molecule has 0 unspecified atom stereocenters. The van der Waals surface area contributed by atoms with Gasteiger partial charge in [0, 0.05) is 18.3 Å². The molecule has 7 heteroatoms. The number of carbonyl (C=O) groups excluding carboxylic acids is 1. The molecule has 0 aliphatic carbocycles. The van der Waals surface area contributed by atoms with Gasteiger partial charge in [0.1, 0.15) is 5.52 Å². The van der Waals surface area contributed by atoms with Gasteiger partial charge in [-0.3, -0.25) is 9.59 Å². The second kappa shape index (κ2) is 5.91. The smallest absolute Gasteiger partial charge is 0.272 e. The Labute approximate surface area is 153 Å². The Balaban J connectivity index is 1.40. The minimum absolute atomic E-state index is 0.189. The molecular formula is C20H15N3O4. The van der Waals surface area contributed by atoms with Crippen LogP contribution in [0.15, 0.2) is 59.5 Å². The lowest BCUT2D eigenvalue weighted by atomic mass is 10.1. The number of nitrogens with one attached hydrogen (secondary N) is 2. The lowest BCUT2D eigenvalue weighted by Gasteiger charge is -2.08. The normalized spacial score (nSPS) is 12.6. The monoisotopic (exact) mass is 361 g/mol. The lowest BCUT2D eigenvalue weighted by molar-refractivity contribution is 0.0951. The summed E-state index contributed by atoms with van der Waals surface area (Å²) in [6.45, 7) is 0.579. The summed E-state index contributed by atoms with van der Waals surface area (Å²) in [6, 6.07) is 14.4. The molecule has 134 valence electrons. The SMILES string of the molecule is O=C(NCc1ccc2c(c1)OCO2)c1ccc2c(c1)[nH]c(=O)c1cccn12. The molecule has 0 radical (unpaired) electrons. The summed E-state index contributed by atoms with van der Waals surface area (Å²) < 4.78 is 12.4. The van der Waals surface area contributed by atoms with Crippen molar-refractivity contribution in [2.75, 3.05) is 6.79 Å². The molecule has 3 heterocycles. The van der Waals surface area contributed by atoms with E-state index in [4.69, 9.17) is 9.47 Å². The molecule has 0 spiro atoms. The van der Waals surface area contributed by atoms with Crippen molar-refractivity contribution in [2.45, 2.75) is 6.54 Å². The molecule has 27 heavy (non-hydrogen) atoms. The Hall–Kier alpha value is -3.74. The summed E-state index contributed by atoms with van der Waals surface area (Å²) in [6.07, 6.45) is 1.83. The van der Waals surface area contributed by atoms with Crippen molar-refractivity contribution in [3.05, 3.63) is 76.2 Å². The lowest BCUT2D eigenvalue weighted by Crippen LogP contribution is -2.23. The van der Waals surface area contributed by atoms with Crippen molar-refractivity contribution in [1.29, 1.82) is 0 Å². The highest BCUT2D eigenvalue weighted by Gasteiger charge is 2.14. The number of fused-ring (bicyclic) bond motifs is 4. The fourth-order valence-electron chi connectivity index (χ4n) is 3.29. The first kappa shape index (κ1) is 15.5. The number of aromatic nitrogens is 2. The largest absolute Gasteiger partial charge is 0.454 e. The van der Waals surface area contributed by atoms with Crippen molar-refractivity contribution >= 4 is 22.5 Å². The van der Waals surface area contributed by atoms with Crippen LogP contribution in [0.25, 0.3) is 16.6 Å². The Bertz CT molecular complexity index is 1260. The Morgan fingerprint density at radius 3 is 2.89 bits per heavy atom. The molecule has 1 aliphatic rings. The van der Waals surface area contributed by atoms with E-state index in [1.165, 1.54) is 0 Å². The van der Waals surface area contributed by atoms with E-state index in [9.17, 15) is 9.59 Å². The fourth-order valence-corrected chi connectivity index (χ4v) is 3.29. The predicted octanol–water partition coefficient (Wildman–Crippen LogP) is 2.44. The highest BCUT2D eigenvalue weighted by atomic mass is 16.7. The molecule has 2 aromatic heterocycles. The van der Waals surface area contributed by atoms with E-state index in [1.807, 2.05) is 40.9 Å². The van der Waals surface area contributed by atoms with Gasteiger partial charge in [-0.15, -0.1) is 0 Å². The zero-order valence-corrected chi connectivity index (χ0v) is 14.2. The molecule has 1 amide bonds. The summed E-state index contributed by atoms with van der Waals surface area (Å²) in [4.78, 5) is 27.5. The maximum absolute atomic E-state index is 12.5. The third kappa shape index (κ3) is 2.60. The molecule has 2 N–H and O–H groups in total. The Morgan fingerprint density at radius 1 is 1.07 bits per heavy atom. The van der Waals surface area contributed by atoms with Crippen LogP contribution in [0, 0.1) is 0 Å². The van der Waals surface area contributed by atoms with Crippen LogP contribution in [0.3, 0.4) is 0 Å². The number of hydrogen-bond acceptors (Lipinski definition) is 4. The number of benzene rings is 2. The van der Waals surface area contributed by atoms with Gasteiger partial charge in [-0.05, 0) is 48.0 Å². The van der Waals surface area contributed by atoms with Crippen LogP contribution in [0.2, 0.25) is 0 Å². The summed E-state index contributed by atoms with van der Waals surface area (Å²) in [5.74, 6) is 1.17. The van der Waals surface area contributed by atoms with E-state index in [2.05, 4.69) is 10.3 Å². The van der Waals surface area contributed by atoms with Gasteiger partial charge in [0.2, 0.25) is 6.79 Å². The molecule has 4 aromatic rings. The van der Waals surface area contributed by atoms with Gasteiger partial charge >= 0.3 is 0 Å². The highest BCUT2D eigenvalue weighted by molar-refractivity contribution is 5.97. The summed E-state index contributed by atoms with van der Waals surface area (Å²) >= 11 is 0. The van der Waals surface area contributed by atoms with Gasteiger partial charge in [-0.1, -0.05) is 6.07 Å². The van der Waals surface area contributed by atoms with Crippen molar-refractivity contribution in [3.8, 4) is 11.5 Å². The van der Waals surface area contributed by atoms with Crippen LogP contribution < -0.4 is 20.3 Å². The third-order valence-corrected chi connectivity index (χ3v) is 4.64. The third-order valence-electron chi connectivity index (χ3n) is 4.64. The number of hydrogen-bond donors (Lipinski definition) is 2. The van der Waals surface area contributed by atoms with Crippen molar-refractivity contribution in [3.63, 3.8) is 0 Å². The van der Waals surface area contributed by atoms with Gasteiger partial charge in [0.05, 0.1) is 11.0 Å². The number of nitrogens with zero attached hydrogens (tertiary/aromatic N) is 1. The molecule has 2 aromatic carbocycles. The number of H-pyrrole nitrogens is 1. The summed E-state index contributed by atoms with van der Waals surface area (Å²) in [5, 5.41) is 2.88. The number of ether oxygens (including phenoxy) is 2. The summed E-state index contributed by atoms with van der Waals surface area (Å²) in [7, 11) is 0. The average molecular weight is 361 g/mol. The second-order valence-corrected chi connectivity index (χ2v) is 6.32. The van der Waals surface area contributed by atoms with Crippen LogP contribution in [0.1, 0.15) is 15.9 Å². The van der Waals surface area contributed by atoms with Crippen molar-refractivity contribution in [2.24, 2.45) is 0 Å². The van der Waals surface area contributed by atoms with Crippen LogP contribution >= 0.6 is 0 Å². The molecule has 7 nitrogen and oxygen atoms in total. The number of aromatic amines is 1. The minimum atomic E-state index is -0.219. The number of carbonyl (C=O) groups is 1. The molecule has 0 bridgehead atoms. The van der Waals surface area contributed by atoms with Crippen molar-refractivity contribution < 1.29 is 14.3 Å². The van der Waals surface area contributed by atoms with Crippen LogP contribution in [-0.2, 0) is 6.54 Å². The van der Waals surface area contributed by atoms with Gasteiger partial charge in [0.15, 0.2) is 11.5 Å². The topological polar surface area (TPSA) is 84.8 Å². The average Bonchev–Trinajstić information content (AvgIpc) is 3.35. The molecule has 5 rings (SSSR count). The zero-order chi connectivity index (χ0) is 18.4. The summed E-state index contributed by atoms with van der Waals surface area (Å²) in [5.41, 5.74) is 3.22. The standard InChI is InChI=1S/C20H15N3O4/c24-19(21-10-12-3-6-17-18(8-12)27-11-26-17)13-4-5-15-14(9-13)22-20(25)16-2-1-7-23(15)16/h1-9H,10-11H2,(H,21,24)(H,22,25). The first-order valence-electron chi connectivity index (χ1n) is 8.49. The molecular weight excluding hydrogens is 346 g/mol.